The molecule has 4 atom stereocenters. The number of aliphatic carboxylic acids is 2. The van der Waals surface area contributed by atoms with Crippen molar-refractivity contribution in [2.75, 3.05) is 18.6 Å². The minimum Gasteiger partial charge on any atom is -0.481 e. The van der Waals surface area contributed by atoms with Crippen LogP contribution < -0.4 is 27.4 Å². The van der Waals surface area contributed by atoms with Gasteiger partial charge in [0.1, 0.15) is 18.1 Å². The van der Waals surface area contributed by atoms with E-state index in [0.717, 1.165) is 0 Å². The Balaban J connectivity index is 3.08. The Hall–Kier alpha value is -3.16. The third-order valence-electron chi connectivity index (χ3n) is 5.45. The molecule has 0 aliphatic rings. The Morgan fingerprint density at radius 2 is 1.46 bits per heavy atom. The number of unbranched alkanes of at least 4 members (excludes halogenated alkanes) is 1. The average molecular weight is 540 g/mol. The fraction of sp³-hybridized carbons (Fsp3) is 0.542. The van der Waals surface area contributed by atoms with Crippen LogP contribution in [0.2, 0.25) is 0 Å². The summed E-state index contributed by atoms with van der Waals surface area (Å²) < 4.78 is 0. The lowest BCUT2D eigenvalue weighted by Gasteiger charge is -2.25. The summed E-state index contributed by atoms with van der Waals surface area (Å²) in [7, 11) is 0. The van der Waals surface area contributed by atoms with Crippen LogP contribution in [-0.2, 0) is 30.4 Å². The van der Waals surface area contributed by atoms with Gasteiger partial charge < -0.3 is 37.6 Å². The molecule has 0 saturated carbocycles. The van der Waals surface area contributed by atoms with E-state index in [-0.39, 0.29) is 19.3 Å². The van der Waals surface area contributed by atoms with Crippen molar-refractivity contribution < 1.29 is 34.2 Å². The van der Waals surface area contributed by atoms with E-state index in [1.54, 1.807) is 30.3 Å². The maximum absolute atomic E-state index is 13.3. The molecule has 0 aliphatic heterocycles. The third kappa shape index (κ3) is 12.6. The quantitative estimate of drug-likeness (QED) is 0.118. The Morgan fingerprint density at radius 3 is 2.03 bits per heavy atom. The highest BCUT2D eigenvalue weighted by atomic mass is 32.2. The van der Waals surface area contributed by atoms with Gasteiger partial charge in [0.05, 0.1) is 12.5 Å². The van der Waals surface area contributed by atoms with Crippen molar-refractivity contribution in [2.24, 2.45) is 11.5 Å². The van der Waals surface area contributed by atoms with Crippen molar-refractivity contribution in [3.8, 4) is 0 Å². The van der Waals surface area contributed by atoms with E-state index in [9.17, 15) is 29.1 Å². The van der Waals surface area contributed by atoms with E-state index >= 15 is 0 Å². The zero-order chi connectivity index (χ0) is 27.8. The van der Waals surface area contributed by atoms with Gasteiger partial charge in [-0.1, -0.05) is 30.3 Å². The van der Waals surface area contributed by atoms with Crippen LogP contribution in [0.5, 0.6) is 0 Å². The molecule has 0 aliphatic carbocycles. The van der Waals surface area contributed by atoms with Gasteiger partial charge in [0.2, 0.25) is 17.7 Å². The molecule has 0 spiro atoms. The zero-order valence-corrected chi connectivity index (χ0v) is 21.7. The molecule has 0 fully saturated rings. The number of carbonyl (C=O) groups excluding carboxylic acids is 3. The molecule has 0 radical (unpaired) electrons. The number of nitrogens with two attached hydrogens (primary N) is 2. The molecule has 0 bridgehead atoms. The molecule has 206 valence electrons. The van der Waals surface area contributed by atoms with Crippen molar-refractivity contribution in [3.05, 3.63) is 35.9 Å². The minimum absolute atomic E-state index is 0.0564. The van der Waals surface area contributed by atoms with Crippen LogP contribution in [0.25, 0.3) is 0 Å². The monoisotopic (exact) mass is 539 g/mol. The van der Waals surface area contributed by atoms with Crippen LogP contribution in [0.4, 0.5) is 0 Å². The van der Waals surface area contributed by atoms with E-state index in [2.05, 4.69) is 16.0 Å². The SMILES string of the molecule is CSCCC(NC(=O)C(CCCCN)NC(=O)C(Cc1ccccc1)NC(=O)C(N)CC(=O)O)C(=O)O. The number of hydrogen-bond acceptors (Lipinski definition) is 8. The van der Waals surface area contributed by atoms with Gasteiger partial charge in [0, 0.05) is 6.42 Å². The lowest BCUT2D eigenvalue weighted by molar-refractivity contribution is -0.142. The number of carboxylic acid groups (broad SMARTS) is 2. The molecular formula is C24H37N5O7S. The summed E-state index contributed by atoms with van der Waals surface area (Å²) in [6, 6.07) is 4.06. The first-order valence-electron chi connectivity index (χ1n) is 11.9. The van der Waals surface area contributed by atoms with Gasteiger partial charge in [-0.15, -0.1) is 0 Å². The van der Waals surface area contributed by atoms with Crippen molar-refractivity contribution in [1.29, 1.82) is 0 Å². The lowest BCUT2D eigenvalue weighted by atomic mass is 10.0. The van der Waals surface area contributed by atoms with Crippen LogP contribution in [0.1, 0.15) is 37.7 Å². The molecule has 37 heavy (non-hydrogen) atoms. The van der Waals surface area contributed by atoms with Gasteiger partial charge in [0.15, 0.2) is 0 Å². The summed E-state index contributed by atoms with van der Waals surface area (Å²) in [6.45, 7) is 0.377. The Morgan fingerprint density at radius 1 is 0.865 bits per heavy atom. The van der Waals surface area contributed by atoms with E-state index < -0.39 is 60.2 Å². The second kappa shape index (κ2) is 17.3. The van der Waals surface area contributed by atoms with E-state index in [4.69, 9.17) is 16.6 Å². The van der Waals surface area contributed by atoms with Crippen LogP contribution in [0.15, 0.2) is 30.3 Å². The predicted molar refractivity (Wildman–Crippen MR) is 140 cm³/mol. The van der Waals surface area contributed by atoms with E-state index in [1.165, 1.54) is 11.8 Å². The highest BCUT2D eigenvalue weighted by Gasteiger charge is 2.30. The summed E-state index contributed by atoms with van der Waals surface area (Å²) in [6.07, 6.45) is 2.75. The van der Waals surface area contributed by atoms with Crippen molar-refractivity contribution in [1.82, 2.24) is 16.0 Å². The molecule has 1 rings (SSSR count). The Bertz CT molecular complexity index is 903. The fourth-order valence-corrected chi connectivity index (χ4v) is 3.89. The lowest BCUT2D eigenvalue weighted by Crippen LogP contribution is -2.57. The number of thioether (sulfide) groups is 1. The molecule has 4 unspecified atom stereocenters. The first-order valence-corrected chi connectivity index (χ1v) is 13.3. The number of amides is 3. The largest absolute Gasteiger partial charge is 0.481 e. The highest BCUT2D eigenvalue weighted by Crippen LogP contribution is 2.08. The smallest absolute Gasteiger partial charge is 0.326 e. The molecule has 1 aromatic rings. The Labute approximate surface area is 220 Å². The van der Waals surface area contributed by atoms with Gasteiger partial charge in [-0.25, -0.2) is 4.79 Å². The zero-order valence-electron chi connectivity index (χ0n) is 20.9. The van der Waals surface area contributed by atoms with E-state index in [1.807, 2.05) is 6.26 Å². The first-order chi connectivity index (χ1) is 17.6. The fourth-order valence-electron chi connectivity index (χ4n) is 3.42. The second-order valence-electron chi connectivity index (χ2n) is 8.48. The van der Waals surface area contributed by atoms with E-state index in [0.29, 0.717) is 30.7 Å². The molecule has 0 saturated heterocycles. The molecule has 1 aromatic carbocycles. The number of rotatable bonds is 18. The van der Waals surface area contributed by atoms with Crippen LogP contribution in [-0.4, -0.2) is 82.6 Å². The number of carboxylic acids is 2. The molecule has 13 heteroatoms. The normalized spacial score (nSPS) is 14.0. The highest BCUT2D eigenvalue weighted by molar-refractivity contribution is 7.98. The average Bonchev–Trinajstić information content (AvgIpc) is 2.85. The van der Waals surface area contributed by atoms with Gasteiger partial charge in [-0.05, 0) is 49.8 Å². The minimum atomic E-state index is -1.38. The predicted octanol–water partition coefficient (Wildman–Crippen LogP) is -0.548. The standard InChI is InChI=1S/C24H37N5O7S/c1-37-12-10-18(24(35)36)28-22(33)17(9-5-6-11-25)27-23(34)19(13-15-7-3-2-4-8-15)29-21(32)16(26)14-20(30)31/h2-4,7-8,16-19H,5-6,9-14,25-26H2,1H3,(H,27,34)(H,28,33)(H,29,32)(H,30,31)(H,35,36). The number of benzene rings is 1. The molecule has 9 N–H and O–H groups in total. The molecule has 0 aromatic heterocycles. The summed E-state index contributed by atoms with van der Waals surface area (Å²) >= 11 is 1.44. The van der Waals surface area contributed by atoms with Gasteiger partial charge in [-0.2, -0.15) is 11.8 Å². The van der Waals surface area contributed by atoms with Crippen LogP contribution >= 0.6 is 11.8 Å². The maximum Gasteiger partial charge on any atom is 0.326 e. The molecule has 3 amide bonds. The van der Waals surface area contributed by atoms with Gasteiger partial charge >= 0.3 is 11.9 Å². The number of nitrogens with one attached hydrogen (secondary N) is 3. The number of carbonyl (C=O) groups is 5. The Kier molecular flexibility index (Phi) is 14.9. The van der Waals surface area contributed by atoms with Crippen molar-refractivity contribution in [2.45, 2.75) is 62.7 Å². The molecule has 0 heterocycles. The van der Waals surface area contributed by atoms with Crippen molar-refractivity contribution >= 4 is 41.4 Å². The van der Waals surface area contributed by atoms with Gasteiger partial charge in [0.25, 0.3) is 0 Å². The molecule has 12 nitrogen and oxygen atoms in total. The number of hydrogen-bond donors (Lipinski definition) is 7. The van der Waals surface area contributed by atoms with Gasteiger partial charge in [-0.3, -0.25) is 19.2 Å². The van der Waals surface area contributed by atoms with Crippen LogP contribution in [0, 0.1) is 0 Å². The van der Waals surface area contributed by atoms with Crippen molar-refractivity contribution in [3.63, 3.8) is 0 Å². The summed E-state index contributed by atoms with van der Waals surface area (Å²) in [4.78, 5) is 61.3. The molecular weight excluding hydrogens is 502 g/mol. The summed E-state index contributed by atoms with van der Waals surface area (Å²) in [5.41, 5.74) is 11.9. The summed E-state index contributed by atoms with van der Waals surface area (Å²) in [5.74, 6) is -4.11. The first kappa shape index (κ1) is 31.9. The summed E-state index contributed by atoms with van der Waals surface area (Å²) in [5, 5.41) is 26.0. The maximum atomic E-state index is 13.3. The third-order valence-corrected chi connectivity index (χ3v) is 6.10. The topological polar surface area (TPSA) is 214 Å². The van der Waals surface area contributed by atoms with Crippen LogP contribution in [0.3, 0.4) is 0 Å². The second-order valence-corrected chi connectivity index (χ2v) is 9.47.